The summed E-state index contributed by atoms with van der Waals surface area (Å²) in [6.07, 6.45) is 0.922. The van der Waals surface area contributed by atoms with Crippen molar-refractivity contribution in [1.82, 2.24) is 0 Å². The van der Waals surface area contributed by atoms with Gasteiger partial charge in [0.15, 0.2) is 0 Å². The van der Waals surface area contributed by atoms with Gasteiger partial charge in [-0.25, -0.2) is 0 Å². The van der Waals surface area contributed by atoms with Gasteiger partial charge in [-0.3, -0.25) is 4.79 Å². The number of rotatable bonds is 3. The average Bonchev–Trinajstić information content (AvgIpc) is 2.99. The normalized spacial score (nSPS) is 11.6. The van der Waals surface area contributed by atoms with Crippen molar-refractivity contribution in [2.24, 2.45) is 0 Å². The Morgan fingerprint density at radius 1 is 0.880 bits per heavy atom. The van der Waals surface area contributed by atoms with Crippen molar-refractivity contribution in [2.45, 2.75) is 6.42 Å². The standard InChI is InChI=1S/C22H20N2O/c1-24(2)19-8-5-7-16(14-19)22(25)23-18-10-11-21-17(13-18)12-15-6-3-4-9-20(15)21/h3-11,13-14H,12H2,1-2H3,(H,23,25). The molecule has 1 aliphatic carbocycles. The smallest absolute Gasteiger partial charge is 0.255 e. The lowest BCUT2D eigenvalue weighted by atomic mass is 10.1. The van der Waals surface area contributed by atoms with E-state index in [1.54, 1.807) is 0 Å². The van der Waals surface area contributed by atoms with Crippen molar-refractivity contribution < 1.29 is 4.79 Å². The van der Waals surface area contributed by atoms with Gasteiger partial charge in [-0.05, 0) is 59.0 Å². The molecule has 0 unspecified atom stereocenters. The summed E-state index contributed by atoms with van der Waals surface area (Å²) in [5, 5.41) is 3.02. The van der Waals surface area contributed by atoms with Crippen molar-refractivity contribution in [3.05, 3.63) is 83.4 Å². The molecule has 0 saturated carbocycles. The first kappa shape index (κ1) is 15.5. The SMILES string of the molecule is CN(C)c1cccc(C(=O)Nc2ccc3c(c2)Cc2ccccc2-3)c1. The molecule has 3 heteroatoms. The molecule has 124 valence electrons. The van der Waals surface area contributed by atoms with Crippen molar-refractivity contribution in [3.63, 3.8) is 0 Å². The summed E-state index contributed by atoms with van der Waals surface area (Å²) >= 11 is 0. The van der Waals surface area contributed by atoms with Crippen LogP contribution >= 0.6 is 0 Å². The van der Waals surface area contributed by atoms with Gasteiger partial charge < -0.3 is 10.2 Å². The Hall–Kier alpha value is -3.07. The second-order valence-corrected chi connectivity index (χ2v) is 6.60. The number of carbonyl (C=O) groups is 1. The second-order valence-electron chi connectivity index (χ2n) is 6.60. The predicted octanol–water partition coefficient (Wildman–Crippen LogP) is 4.58. The van der Waals surface area contributed by atoms with Crippen LogP contribution in [0.2, 0.25) is 0 Å². The van der Waals surface area contributed by atoms with Crippen LogP contribution in [0.1, 0.15) is 21.5 Å². The molecular weight excluding hydrogens is 308 g/mol. The number of nitrogens with zero attached hydrogens (tertiary/aromatic N) is 1. The zero-order valence-corrected chi connectivity index (χ0v) is 14.4. The molecule has 0 radical (unpaired) electrons. The molecule has 0 fully saturated rings. The topological polar surface area (TPSA) is 32.3 Å². The van der Waals surface area contributed by atoms with E-state index in [1.807, 2.05) is 49.3 Å². The van der Waals surface area contributed by atoms with Gasteiger partial charge in [-0.1, -0.05) is 36.4 Å². The summed E-state index contributed by atoms with van der Waals surface area (Å²) in [7, 11) is 3.93. The van der Waals surface area contributed by atoms with Crippen LogP contribution in [0.3, 0.4) is 0 Å². The first-order valence-corrected chi connectivity index (χ1v) is 8.42. The Labute approximate surface area is 147 Å². The fourth-order valence-electron chi connectivity index (χ4n) is 3.35. The van der Waals surface area contributed by atoms with Gasteiger partial charge in [0.2, 0.25) is 0 Å². The fourth-order valence-corrected chi connectivity index (χ4v) is 3.35. The number of nitrogens with one attached hydrogen (secondary N) is 1. The number of carbonyl (C=O) groups excluding carboxylic acids is 1. The maximum absolute atomic E-state index is 12.6. The van der Waals surface area contributed by atoms with E-state index >= 15 is 0 Å². The Morgan fingerprint density at radius 2 is 1.68 bits per heavy atom. The van der Waals surface area contributed by atoms with Crippen LogP contribution in [0.4, 0.5) is 11.4 Å². The van der Waals surface area contributed by atoms with Gasteiger partial charge in [0.25, 0.3) is 5.91 Å². The highest BCUT2D eigenvalue weighted by molar-refractivity contribution is 6.05. The first-order chi connectivity index (χ1) is 12.1. The van der Waals surface area contributed by atoms with Crippen molar-refractivity contribution in [2.75, 3.05) is 24.3 Å². The Bertz CT molecular complexity index is 960. The number of fused-ring (bicyclic) bond motifs is 3. The molecule has 1 aliphatic rings. The van der Waals surface area contributed by atoms with Gasteiger partial charge in [0, 0.05) is 31.0 Å². The minimum Gasteiger partial charge on any atom is -0.378 e. The van der Waals surface area contributed by atoms with Crippen LogP contribution in [0, 0.1) is 0 Å². The number of hydrogen-bond donors (Lipinski definition) is 1. The first-order valence-electron chi connectivity index (χ1n) is 8.42. The zero-order valence-electron chi connectivity index (χ0n) is 14.4. The third-order valence-corrected chi connectivity index (χ3v) is 4.68. The number of benzene rings is 3. The van der Waals surface area contributed by atoms with Gasteiger partial charge in [0.05, 0.1) is 0 Å². The summed E-state index contributed by atoms with van der Waals surface area (Å²) in [5.74, 6) is -0.0841. The molecule has 0 aliphatic heterocycles. The zero-order chi connectivity index (χ0) is 17.4. The Morgan fingerprint density at radius 3 is 2.52 bits per heavy atom. The predicted molar refractivity (Wildman–Crippen MR) is 103 cm³/mol. The van der Waals surface area contributed by atoms with E-state index in [0.29, 0.717) is 5.56 Å². The van der Waals surface area contributed by atoms with Gasteiger partial charge in [-0.2, -0.15) is 0 Å². The van der Waals surface area contributed by atoms with E-state index < -0.39 is 0 Å². The molecule has 0 aromatic heterocycles. The van der Waals surface area contributed by atoms with Crippen LogP contribution in [0.5, 0.6) is 0 Å². The molecule has 0 spiro atoms. The summed E-state index contributed by atoms with van der Waals surface area (Å²) in [5.41, 5.74) is 7.69. The highest BCUT2D eigenvalue weighted by Gasteiger charge is 2.18. The summed E-state index contributed by atoms with van der Waals surface area (Å²) in [4.78, 5) is 14.6. The number of anilines is 2. The highest BCUT2D eigenvalue weighted by Crippen LogP contribution is 2.37. The molecule has 0 atom stereocenters. The molecule has 0 heterocycles. The van der Waals surface area contributed by atoms with Gasteiger partial charge >= 0.3 is 0 Å². The molecular formula is C22H20N2O. The van der Waals surface area contributed by atoms with Gasteiger partial charge in [-0.15, -0.1) is 0 Å². The molecule has 25 heavy (non-hydrogen) atoms. The largest absolute Gasteiger partial charge is 0.378 e. The van der Waals surface area contributed by atoms with E-state index in [4.69, 9.17) is 0 Å². The monoisotopic (exact) mass is 328 g/mol. The van der Waals surface area contributed by atoms with Crippen molar-refractivity contribution >= 4 is 17.3 Å². The van der Waals surface area contributed by atoms with Crippen LogP contribution in [0.15, 0.2) is 66.7 Å². The maximum atomic E-state index is 12.6. The molecule has 0 bridgehead atoms. The quantitative estimate of drug-likeness (QED) is 0.597. The number of hydrogen-bond acceptors (Lipinski definition) is 2. The molecule has 3 aromatic carbocycles. The third-order valence-electron chi connectivity index (χ3n) is 4.68. The maximum Gasteiger partial charge on any atom is 0.255 e. The van der Waals surface area contributed by atoms with E-state index in [1.165, 1.54) is 22.3 Å². The molecule has 3 nitrogen and oxygen atoms in total. The summed E-state index contributed by atoms with van der Waals surface area (Å²) < 4.78 is 0. The van der Waals surface area contributed by atoms with Crippen LogP contribution < -0.4 is 10.2 Å². The van der Waals surface area contributed by atoms with E-state index in [9.17, 15) is 4.79 Å². The van der Waals surface area contributed by atoms with E-state index in [-0.39, 0.29) is 5.91 Å². The molecule has 1 N–H and O–H groups in total. The third kappa shape index (κ3) is 2.89. The van der Waals surface area contributed by atoms with Crippen LogP contribution in [-0.4, -0.2) is 20.0 Å². The van der Waals surface area contributed by atoms with Gasteiger partial charge in [0.1, 0.15) is 0 Å². The minimum atomic E-state index is -0.0841. The van der Waals surface area contributed by atoms with Crippen molar-refractivity contribution in [1.29, 1.82) is 0 Å². The fraction of sp³-hybridized carbons (Fsp3) is 0.136. The summed E-state index contributed by atoms with van der Waals surface area (Å²) in [6.45, 7) is 0. The Kier molecular flexibility index (Phi) is 3.77. The molecule has 3 aromatic rings. The molecule has 1 amide bonds. The molecule has 0 saturated heterocycles. The highest BCUT2D eigenvalue weighted by atomic mass is 16.1. The minimum absolute atomic E-state index is 0.0841. The van der Waals surface area contributed by atoms with Crippen molar-refractivity contribution in [3.8, 4) is 11.1 Å². The summed E-state index contributed by atoms with van der Waals surface area (Å²) in [6, 6.07) is 22.3. The Balaban J connectivity index is 1.57. The van der Waals surface area contributed by atoms with Crippen LogP contribution in [0.25, 0.3) is 11.1 Å². The average molecular weight is 328 g/mol. The molecule has 4 rings (SSSR count). The lowest BCUT2D eigenvalue weighted by Crippen LogP contribution is -2.14. The lowest BCUT2D eigenvalue weighted by molar-refractivity contribution is 0.102. The number of amides is 1. The van der Waals surface area contributed by atoms with E-state index in [0.717, 1.165) is 17.8 Å². The van der Waals surface area contributed by atoms with E-state index in [2.05, 4.69) is 41.7 Å². The second kappa shape index (κ2) is 6.10. The van der Waals surface area contributed by atoms with Crippen LogP contribution in [-0.2, 0) is 6.42 Å². The lowest BCUT2D eigenvalue weighted by Gasteiger charge is -2.13.